The van der Waals surface area contributed by atoms with Crippen molar-refractivity contribution in [3.05, 3.63) is 10.4 Å². The van der Waals surface area contributed by atoms with E-state index in [4.69, 9.17) is 20.7 Å². The molecule has 112 valence electrons. The zero-order valence-corrected chi connectivity index (χ0v) is 12.1. The molecule has 0 rings (SSSR count). The van der Waals surface area contributed by atoms with Crippen molar-refractivity contribution in [2.45, 2.75) is 58.2 Å². The summed E-state index contributed by atoms with van der Waals surface area (Å²) in [5.74, 6) is 0. The van der Waals surface area contributed by atoms with Gasteiger partial charge < -0.3 is 15.2 Å². The molecule has 0 aromatic rings. The maximum Gasteiger partial charge on any atom is 0.157 e. The Morgan fingerprint density at radius 2 is 1.79 bits per heavy atom. The number of rotatable bonds is 14. The highest BCUT2D eigenvalue weighted by molar-refractivity contribution is 4.52. The molecule has 6 heteroatoms. The summed E-state index contributed by atoms with van der Waals surface area (Å²) in [5, 5.41) is 3.43. The van der Waals surface area contributed by atoms with Crippen LogP contribution in [0.4, 0.5) is 0 Å². The van der Waals surface area contributed by atoms with Crippen molar-refractivity contribution < 1.29 is 9.47 Å². The van der Waals surface area contributed by atoms with Gasteiger partial charge in [-0.3, -0.25) is 0 Å². The number of unbranched alkanes of at least 4 members (excludes halogenated alkanes) is 5. The number of ether oxygens (including phenoxy) is 2. The fraction of sp³-hybridized carbons (Fsp3) is 1.00. The molecule has 0 spiro atoms. The van der Waals surface area contributed by atoms with Gasteiger partial charge in [0.05, 0.1) is 13.2 Å². The van der Waals surface area contributed by atoms with E-state index in [1.165, 1.54) is 32.1 Å². The van der Waals surface area contributed by atoms with Crippen molar-refractivity contribution >= 4 is 0 Å². The van der Waals surface area contributed by atoms with Crippen LogP contribution < -0.4 is 5.73 Å². The molecule has 0 aliphatic heterocycles. The highest BCUT2D eigenvalue weighted by Crippen LogP contribution is 2.11. The second-order valence-corrected chi connectivity index (χ2v) is 4.47. The van der Waals surface area contributed by atoms with Crippen molar-refractivity contribution in [2.24, 2.45) is 10.8 Å². The minimum atomic E-state index is -0.219. The number of nitrogens with zero attached hydrogens (tertiary/aromatic N) is 3. The van der Waals surface area contributed by atoms with Crippen molar-refractivity contribution in [1.82, 2.24) is 0 Å². The molecule has 0 aliphatic carbocycles. The SMILES string of the molecule is CCCCCCCCC(OCCN)OCCN=[N+]=[N-]. The van der Waals surface area contributed by atoms with Crippen LogP contribution in [0.5, 0.6) is 0 Å². The van der Waals surface area contributed by atoms with E-state index in [1.807, 2.05) is 0 Å². The summed E-state index contributed by atoms with van der Waals surface area (Å²) in [6, 6.07) is 0. The summed E-state index contributed by atoms with van der Waals surface area (Å²) in [4.78, 5) is 2.68. The Labute approximate surface area is 116 Å². The Bertz CT molecular complexity index is 233. The van der Waals surface area contributed by atoms with Crippen LogP contribution in [0.15, 0.2) is 5.11 Å². The van der Waals surface area contributed by atoms with E-state index in [9.17, 15) is 0 Å². The molecule has 0 radical (unpaired) electrons. The minimum Gasteiger partial charge on any atom is -0.353 e. The predicted octanol–water partition coefficient (Wildman–Crippen LogP) is 3.37. The lowest BCUT2D eigenvalue weighted by atomic mass is 10.1. The van der Waals surface area contributed by atoms with Gasteiger partial charge in [0.15, 0.2) is 6.29 Å². The first kappa shape index (κ1) is 18.2. The molecule has 1 unspecified atom stereocenters. The molecule has 0 saturated carbocycles. The lowest BCUT2D eigenvalue weighted by molar-refractivity contribution is -0.142. The van der Waals surface area contributed by atoms with Crippen molar-refractivity contribution in [3.63, 3.8) is 0 Å². The van der Waals surface area contributed by atoms with Crippen LogP contribution in [0, 0.1) is 0 Å². The van der Waals surface area contributed by atoms with Crippen molar-refractivity contribution in [2.75, 3.05) is 26.3 Å². The van der Waals surface area contributed by atoms with Gasteiger partial charge in [-0.15, -0.1) is 0 Å². The van der Waals surface area contributed by atoms with Gasteiger partial charge in [-0.05, 0) is 18.4 Å². The van der Waals surface area contributed by atoms with E-state index in [2.05, 4.69) is 16.9 Å². The van der Waals surface area contributed by atoms with Crippen molar-refractivity contribution in [1.29, 1.82) is 0 Å². The fourth-order valence-electron chi connectivity index (χ4n) is 1.78. The zero-order valence-electron chi connectivity index (χ0n) is 12.1. The van der Waals surface area contributed by atoms with Crippen LogP contribution in [0.1, 0.15) is 51.9 Å². The third-order valence-corrected chi connectivity index (χ3v) is 2.77. The van der Waals surface area contributed by atoms with Gasteiger partial charge in [-0.2, -0.15) is 0 Å². The van der Waals surface area contributed by atoms with E-state index in [1.54, 1.807) is 0 Å². The highest BCUT2D eigenvalue weighted by atomic mass is 16.7. The van der Waals surface area contributed by atoms with Crippen LogP contribution in [-0.4, -0.2) is 32.6 Å². The molecule has 0 aromatic carbocycles. The first-order chi connectivity index (χ1) is 9.35. The average molecular weight is 272 g/mol. The Morgan fingerprint density at radius 1 is 1.11 bits per heavy atom. The number of hydrogen-bond acceptors (Lipinski definition) is 4. The van der Waals surface area contributed by atoms with Crippen LogP contribution in [-0.2, 0) is 9.47 Å². The molecule has 1 atom stereocenters. The third kappa shape index (κ3) is 13.4. The first-order valence-corrected chi connectivity index (χ1v) is 7.29. The molecule has 0 heterocycles. The van der Waals surface area contributed by atoms with Crippen molar-refractivity contribution in [3.8, 4) is 0 Å². The zero-order chi connectivity index (χ0) is 14.2. The highest BCUT2D eigenvalue weighted by Gasteiger charge is 2.08. The monoisotopic (exact) mass is 272 g/mol. The van der Waals surface area contributed by atoms with E-state index in [-0.39, 0.29) is 6.29 Å². The Hall–Kier alpha value is -0.810. The van der Waals surface area contributed by atoms with Gasteiger partial charge in [0, 0.05) is 18.0 Å². The molecule has 0 fully saturated rings. The molecular formula is C13H28N4O2. The summed E-state index contributed by atoms with van der Waals surface area (Å²) in [5.41, 5.74) is 13.6. The largest absolute Gasteiger partial charge is 0.353 e. The van der Waals surface area contributed by atoms with E-state index in [0.717, 1.165) is 12.8 Å². The van der Waals surface area contributed by atoms with Crippen LogP contribution >= 0.6 is 0 Å². The molecule has 0 amide bonds. The molecule has 19 heavy (non-hydrogen) atoms. The minimum absolute atomic E-state index is 0.219. The molecule has 0 aliphatic rings. The first-order valence-electron chi connectivity index (χ1n) is 7.29. The second kappa shape index (κ2) is 15.2. The Kier molecular flexibility index (Phi) is 14.6. The smallest absolute Gasteiger partial charge is 0.157 e. The van der Waals surface area contributed by atoms with Gasteiger partial charge in [0.25, 0.3) is 0 Å². The third-order valence-electron chi connectivity index (χ3n) is 2.77. The van der Waals surface area contributed by atoms with Crippen LogP contribution in [0.2, 0.25) is 0 Å². The number of nitrogens with two attached hydrogens (primary N) is 1. The van der Waals surface area contributed by atoms with E-state index < -0.39 is 0 Å². The second-order valence-electron chi connectivity index (χ2n) is 4.47. The summed E-state index contributed by atoms with van der Waals surface area (Å²) in [6.45, 7) is 3.95. The lowest BCUT2D eigenvalue weighted by Crippen LogP contribution is -2.22. The maximum absolute atomic E-state index is 8.17. The predicted molar refractivity (Wildman–Crippen MR) is 76.8 cm³/mol. The van der Waals surface area contributed by atoms with Crippen LogP contribution in [0.25, 0.3) is 10.4 Å². The maximum atomic E-state index is 8.17. The van der Waals surface area contributed by atoms with Crippen LogP contribution in [0.3, 0.4) is 0 Å². The number of hydrogen-bond donors (Lipinski definition) is 1. The van der Waals surface area contributed by atoms with E-state index in [0.29, 0.717) is 26.3 Å². The average Bonchev–Trinajstić information content (AvgIpc) is 2.43. The molecule has 0 bridgehead atoms. The van der Waals surface area contributed by atoms with Gasteiger partial charge in [0.2, 0.25) is 0 Å². The van der Waals surface area contributed by atoms with Gasteiger partial charge in [-0.25, -0.2) is 0 Å². The summed E-state index contributed by atoms with van der Waals surface area (Å²) < 4.78 is 11.0. The topological polar surface area (TPSA) is 93.2 Å². The fourth-order valence-corrected chi connectivity index (χ4v) is 1.78. The molecule has 0 aromatic heterocycles. The summed E-state index contributed by atoms with van der Waals surface area (Å²) >= 11 is 0. The molecule has 2 N–H and O–H groups in total. The summed E-state index contributed by atoms with van der Waals surface area (Å²) in [6.07, 6.45) is 8.13. The Balaban J connectivity index is 3.63. The van der Waals surface area contributed by atoms with E-state index >= 15 is 0 Å². The summed E-state index contributed by atoms with van der Waals surface area (Å²) in [7, 11) is 0. The van der Waals surface area contributed by atoms with Gasteiger partial charge in [0.1, 0.15) is 0 Å². The molecule has 6 nitrogen and oxygen atoms in total. The quantitative estimate of drug-likeness (QED) is 0.173. The standard InChI is InChI=1S/C13H28N4O2/c1-2-3-4-5-6-7-8-13(18-11-9-14)19-12-10-16-17-15/h13H,2-12,14H2,1H3. The normalized spacial score (nSPS) is 12.1. The van der Waals surface area contributed by atoms with Gasteiger partial charge in [-0.1, -0.05) is 44.1 Å². The number of azide groups is 1. The van der Waals surface area contributed by atoms with Gasteiger partial charge >= 0.3 is 0 Å². The lowest BCUT2D eigenvalue weighted by Gasteiger charge is -2.17. The molecular weight excluding hydrogens is 244 g/mol. The Morgan fingerprint density at radius 3 is 2.47 bits per heavy atom. The molecule has 0 saturated heterocycles.